The Kier molecular flexibility index (Phi) is 8.14. The lowest BCUT2D eigenvalue weighted by atomic mass is 9.92. The maximum atomic E-state index is 13.8. The van der Waals surface area contributed by atoms with Crippen molar-refractivity contribution in [2.75, 3.05) is 31.6 Å². The summed E-state index contributed by atoms with van der Waals surface area (Å²) in [6.45, 7) is 4.81. The van der Waals surface area contributed by atoms with Crippen LogP contribution in [-0.2, 0) is 22.6 Å². The van der Waals surface area contributed by atoms with E-state index in [9.17, 15) is 9.59 Å². The second-order valence-corrected chi connectivity index (χ2v) is 11.1. The van der Waals surface area contributed by atoms with Gasteiger partial charge >= 0.3 is 0 Å². The first-order valence-corrected chi connectivity index (χ1v) is 14.0. The number of anilines is 1. The van der Waals surface area contributed by atoms with Crippen LogP contribution < -0.4 is 9.64 Å². The van der Waals surface area contributed by atoms with Crippen LogP contribution in [0, 0.1) is 5.92 Å². The second kappa shape index (κ2) is 11.7. The van der Waals surface area contributed by atoms with Crippen LogP contribution in [0.4, 0.5) is 5.69 Å². The van der Waals surface area contributed by atoms with Crippen molar-refractivity contribution in [1.82, 2.24) is 9.80 Å². The Hall–Kier alpha value is -2.86. The predicted molar refractivity (Wildman–Crippen MR) is 147 cm³/mol. The number of piperidine rings is 1. The lowest BCUT2D eigenvalue weighted by Crippen LogP contribution is -2.53. The normalized spacial score (nSPS) is 22.6. The number of carbonyl (C=O) groups is 2. The summed E-state index contributed by atoms with van der Waals surface area (Å²) in [5.74, 6) is 1.87. The minimum Gasteiger partial charge on any atom is -0.496 e. The van der Waals surface area contributed by atoms with Gasteiger partial charge in [-0.15, -0.1) is 0 Å². The Balaban J connectivity index is 1.44. The summed E-state index contributed by atoms with van der Waals surface area (Å²) < 4.78 is 5.53. The number of methoxy groups -OCH3 is 1. The zero-order valence-electron chi connectivity index (χ0n) is 22.4. The van der Waals surface area contributed by atoms with E-state index < -0.39 is 0 Å². The molecule has 2 amide bonds. The van der Waals surface area contributed by atoms with E-state index in [2.05, 4.69) is 15.9 Å². The Bertz CT molecular complexity index is 1100. The summed E-state index contributed by atoms with van der Waals surface area (Å²) in [7, 11) is 1.68. The number of rotatable bonds is 6. The molecule has 1 saturated carbocycles. The van der Waals surface area contributed by atoms with Crippen molar-refractivity contribution in [3.8, 4) is 5.75 Å². The molecule has 2 aromatic carbocycles. The van der Waals surface area contributed by atoms with Crippen LogP contribution in [0.5, 0.6) is 5.75 Å². The maximum Gasteiger partial charge on any atom is 0.223 e. The van der Waals surface area contributed by atoms with Gasteiger partial charge in [-0.3, -0.25) is 14.5 Å². The van der Waals surface area contributed by atoms with Crippen LogP contribution in [0.25, 0.3) is 0 Å². The lowest BCUT2D eigenvalue weighted by Gasteiger charge is -2.44. The van der Waals surface area contributed by atoms with Crippen LogP contribution in [0.3, 0.4) is 0 Å². The predicted octanol–water partition coefficient (Wildman–Crippen LogP) is 5.05. The van der Waals surface area contributed by atoms with E-state index in [-0.39, 0.29) is 11.8 Å². The molecule has 2 heterocycles. The fourth-order valence-corrected chi connectivity index (χ4v) is 6.28. The first kappa shape index (κ1) is 25.8. The van der Waals surface area contributed by atoms with Crippen LogP contribution in [0.2, 0.25) is 0 Å². The van der Waals surface area contributed by atoms with Crippen LogP contribution in [0.1, 0.15) is 63.0 Å². The minimum atomic E-state index is 0.0712. The molecule has 0 radical (unpaired) electrons. The largest absolute Gasteiger partial charge is 0.496 e. The number of aryl methyl sites for hydroxylation is 1. The number of benzene rings is 2. The molecule has 1 aliphatic carbocycles. The number of carbonyl (C=O) groups excluding carboxylic acids is 2. The first-order chi connectivity index (χ1) is 18.0. The van der Waals surface area contributed by atoms with Gasteiger partial charge in [0.2, 0.25) is 11.8 Å². The lowest BCUT2D eigenvalue weighted by molar-refractivity contribution is -0.133. The summed E-state index contributed by atoms with van der Waals surface area (Å²) in [5.41, 5.74) is 3.06. The van der Waals surface area contributed by atoms with Crippen molar-refractivity contribution >= 4 is 17.5 Å². The van der Waals surface area contributed by atoms with E-state index in [0.717, 1.165) is 61.0 Å². The van der Waals surface area contributed by atoms with Crippen molar-refractivity contribution in [3.63, 3.8) is 0 Å². The van der Waals surface area contributed by atoms with E-state index in [1.165, 1.54) is 25.7 Å². The first-order valence-electron chi connectivity index (χ1n) is 14.0. The third-order valence-corrected chi connectivity index (χ3v) is 8.47. The maximum absolute atomic E-state index is 13.8. The van der Waals surface area contributed by atoms with E-state index in [0.29, 0.717) is 31.5 Å². The minimum absolute atomic E-state index is 0.0712. The molecule has 198 valence electrons. The smallest absolute Gasteiger partial charge is 0.223 e. The zero-order chi connectivity index (χ0) is 25.8. The van der Waals surface area contributed by atoms with Crippen molar-refractivity contribution in [2.24, 2.45) is 5.92 Å². The number of amides is 2. The molecular formula is C31H41N3O3. The number of hydrogen-bond donors (Lipinski definition) is 0. The van der Waals surface area contributed by atoms with Gasteiger partial charge in [-0.25, -0.2) is 0 Å². The average molecular weight is 504 g/mol. The highest BCUT2D eigenvalue weighted by atomic mass is 16.5. The van der Waals surface area contributed by atoms with Gasteiger partial charge in [0.15, 0.2) is 0 Å². The van der Waals surface area contributed by atoms with Crippen LogP contribution in [0.15, 0.2) is 48.5 Å². The molecule has 0 aromatic heterocycles. The summed E-state index contributed by atoms with van der Waals surface area (Å²) in [5, 5.41) is 0. The molecule has 2 aliphatic heterocycles. The highest BCUT2D eigenvalue weighted by Crippen LogP contribution is 2.36. The van der Waals surface area contributed by atoms with Crippen molar-refractivity contribution in [2.45, 2.75) is 76.9 Å². The molecule has 2 unspecified atom stereocenters. The number of para-hydroxylation sites is 2. The summed E-state index contributed by atoms with van der Waals surface area (Å²) in [4.78, 5) is 33.4. The molecule has 0 spiro atoms. The summed E-state index contributed by atoms with van der Waals surface area (Å²) in [6, 6.07) is 17.0. The Labute approximate surface area is 221 Å². The Morgan fingerprint density at radius 3 is 2.49 bits per heavy atom. The number of fused-ring (bicyclic) bond motifs is 3. The van der Waals surface area contributed by atoms with Gasteiger partial charge < -0.3 is 14.5 Å². The molecule has 2 fully saturated rings. The molecule has 6 heteroatoms. The zero-order valence-corrected chi connectivity index (χ0v) is 22.4. The van der Waals surface area contributed by atoms with E-state index in [1.54, 1.807) is 14.0 Å². The van der Waals surface area contributed by atoms with Gasteiger partial charge in [0.05, 0.1) is 7.11 Å². The SMILES string of the molecule is COc1ccccc1CCC(=O)N1Cc2ccccc2N(C(C)=O)CCC2CCCC(C1)N2CC1CC1. The monoisotopic (exact) mass is 503 g/mol. The molecule has 37 heavy (non-hydrogen) atoms. The van der Waals surface area contributed by atoms with Gasteiger partial charge in [-0.2, -0.15) is 0 Å². The molecule has 3 aliphatic rings. The van der Waals surface area contributed by atoms with Gasteiger partial charge in [0.1, 0.15) is 5.75 Å². The molecule has 1 saturated heterocycles. The molecule has 5 rings (SSSR count). The number of nitrogens with zero attached hydrogens (tertiary/aromatic N) is 3. The van der Waals surface area contributed by atoms with Crippen LogP contribution >= 0.6 is 0 Å². The highest BCUT2D eigenvalue weighted by molar-refractivity contribution is 5.92. The average Bonchev–Trinajstić information content (AvgIpc) is 3.73. The molecular weight excluding hydrogens is 462 g/mol. The van der Waals surface area contributed by atoms with E-state index >= 15 is 0 Å². The van der Waals surface area contributed by atoms with Crippen molar-refractivity contribution < 1.29 is 14.3 Å². The summed E-state index contributed by atoms with van der Waals surface area (Å²) >= 11 is 0. The van der Waals surface area contributed by atoms with E-state index in [1.807, 2.05) is 47.4 Å². The molecule has 0 N–H and O–H groups in total. The summed E-state index contributed by atoms with van der Waals surface area (Å²) in [6.07, 6.45) is 8.23. The van der Waals surface area contributed by atoms with Gasteiger partial charge in [0.25, 0.3) is 0 Å². The number of hydrogen-bond acceptors (Lipinski definition) is 4. The fraction of sp³-hybridized carbons (Fsp3) is 0.548. The Morgan fingerprint density at radius 2 is 1.70 bits per heavy atom. The quantitative estimate of drug-likeness (QED) is 0.554. The van der Waals surface area contributed by atoms with E-state index in [4.69, 9.17) is 4.74 Å². The Morgan fingerprint density at radius 1 is 0.946 bits per heavy atom. The highest BCUT2D eigenvalue weighted by Gasteiger charge is 2.37. The van der Waals surface area contributed by atoms with Crippen molar-refractivity contribution in [3.05, 3.63) is 59.7 Å². The third kappa shape index (κ3) is 6.18. The fourth-order valence-electron chi connectivity index (χ4n) is 6.28. The standard InChI is InChI=1S/C31H41N3O3/c1-23(35)33-19-18-27-10-7-11-28(34(27)20-24-14-15-24)22-32(21-26-9-3-5-12-29(26)33)31(36)17-16-25-8-4-6-13-30(25)37-2/h3-6,8-9,12-13,24,27-28H,7,10-11,14-22H2,1-2H3. The molecule has 6 nitrogen and oxygen atoms in total. The van der Waals surface area contributed by atoms with Gasteiger partial charge in [-0.05, 0) is 67.7 Å². The molecule has 2 aromatic rings. The molecule has 2 bridgehead atoms. The molecule has 2 atom stereocenters. The number of ether oxygens (including phenoxy) is 1. The third-order valence-electron chi connectivity index (χ3n) is 8.47. The van der Waals surface area contributed by atoms with Gasteiger partial charge in [-0.1, -0.05) is 42.8 Å². The topological polar surface area (TPSA) is 53.1 Å². The van der Waals surface area contributed by atoms with Gasteiger partial charge in [0, 0.05) is 57.3 Å². The van der Waals surface area contributed by atoms with Crippen molar-refractivity contribution in [1.29, 1.82) is 0 Å². The second-order valence-electron chi connectivity index (χ2n) is 11.1. The van der Waals surface area contributed by atoms with Crippen LogP contribution in [-0.4, -0.2) is 60.4 Å².